The van der Waals surface area contributed by atoms with E-state index in [1.165, 1.54) is 12.8 Å². The van der Waals surface area contributed by atoms with Gasteiger partial charge >= 0.3 is 0 Å². The second-order valence-corrected chi connectivity index (χ2v) is 5.30. The number of ether oxygens (including phenoxy) is 1. The van der Waals surface area contributed by atoms with E-state index < -0.39 is 0 Å². The second kappa shape index (κ2) is 7.12. The highest BCUT2D eigenvalue weighted by molar-refractivity contribution is 5.79. The van der Waals surface area contributed by atoms with Crippen molar-refractivity contribution in [1.29, 1.82) is 0 Å². The molecule has 110 valence electrons. The van der Waals surface area contributed by atoms with Gasteiger partial charge in [-0.15, -0.1) is 0 Å². The molecule has 2 rings (SSSR count). The fourth-order valence-corrected chi connectivity index (χ4v) is 2.57. The Bertz CT molecular complexity index is 461. The van der Waals surface area contributed by atoms with Gasteiger partial charge in [-0.1, -0.05) is 6.92 Å². The van der Waals surface area contributed by atoms with E-state index in [2.05, 4.69) is 27.1 Å². The van der Waals surface area contributed by atoms with Crippen molar-refractivity contribution in [3.8, 4) is 5.88 Å². The average Bonchev–Trinajstić information content (AvgIpc) is 2.48. The van der Waals surface area contributed by atoms with Crippen LogP contribution in [0.3, 0.4) is 0 Å². The maximum absolute atomic E-state index is 5.14. The molecule has 1 aromatic rings. The molecule has 20 heavy (non-hydrogen) atoms. The monoisotopic (exact) mass is 276 g/mol. The van der Waals surface area contributed by atoms with E-state index in [1.54, 1.807) is 13.3 Å². The fourth-order valence-electron chi connectivity index (χ4n) is 2.57. The Balaban J connectivity index is 1.93. The van der Waals surface area contributed by atoms with Crippen LogP contribution in [0.2, 0.25) is 0 Å². The van der Waals surface area contributed by atoms with Crippen molar-refractivity contribution >= 4 is 5.96 Å². The quantitative estimate of drug-likeness (QED) is 0.676. The van der Waals surface area contributed by atoms with Crippen molar-refractivity contribution in [2.75, 3.05) is 27.2 Å². The second-order valence-electron chi connectivity index (χ2n) is 5.30. The highest BCUT2D eigenvalue weighted by atomic mass is 16.5. The van der Waals surface area contributed by atoms with Gasteiger partial charge in [-0.25, -0.2) is 4.98 Å². The van der Waals surface area contributed by atoms with Gasteiger partial charge in [-0.05, 0) is 30.4 Å². The molecule has 1 N–H and O–H groups in total. The van der Waals surface area contributed by atoms with Crippen LogP contribution in [0.15, 0.2) is 23.3 Å². The van der Waals surface area contributed by atoms with Crippen LogP contribution in [0.25, 0.3) is 0 Å². The van der Waals surface area contributed by atoms with E-state index in [4.69, 9.17) is 4.74 Å². The van der Waals surface area contributed by atoms with Crippen LogP contribution in [0.4, 0.5) is 0 Å². The first kappa shape index (κ1) is 14.6. The third-order valence-corrected chi connectivity index (χ3v) is 3.63. The van der Waals surface area contributed by atoms with Crippen LogP contribution in [-0.2, 0) is 6.54 Å². The highest BCUT2D eigenvalue weighted by Gasteiger charge is 2.18. The summed E-state index contributed by atoms with van der Waals surface area (Å²) in [6.07, 6.45) is 4.32. The Morgan fingerprint density at radius 1 is 1.60 bits per heavy atom. The Morgan fingerprint density at radius 3 is 3.15 bits per heavy atom. The molecule has 1 aromatic heterocycles. The molecular formula is C15H24N4O. The number of nitrogens with one attached hydrogen (secondary N) is 1. The Labute approximate surface area is 121 Å². The summed E-state index contributed by atoms with van der Waals surface area (Å²) < 4.78 is 5.14. The summed E-state index contributed by atoms with van der Waals surface area (Å²) in [5.41, 5.74) is 1.14. The number of likely N-dealkylation sites (tertiary alicyclic amines) is 1. The van der Waals surface area contributed by atoms with Gasteiger partial charge < -0.3 is 15.0 Å². The number of hydrogen-bond donors (Lipinski definition) is 1. The molecule has 0 aliphatic carbocycles. The van der Waals surface area contributed by atoms with Gasteiger partial charge in [-0.3, -0.25) is 4.99 Å². The van der Waals surface area contributed by atoms with E-state index in [0.717, 1.165) is 37.1 Å². The topological polar surface area (TPSA) is 49.8 Å². The predicted molar refractivity (Wildman–Crippen MR) is 81.0 cm³/mol. The number of pyridine rings is 1. The Morgan fingerprint density at radius 2 is 2.45 bits per heavy atom. The molecule has 1 aliphatic rings. The molecule has 0 radical (unpaired) electrons. The maximum Gasteiger partial charge on any atom is 0.213 e. The number of rotatable bonds is 3. The van der Waals surface area contributed by atoms with Crippen LogP contribution in [0.5, 0.6) is 5.88 Å². The van der Waals surface area contributed by atoms with Crippen LogP contribution in [-0.4, -0.2) is 43.1 Å². The highest BCUT2D eigenvalue weighted by Crippen LogP contribution is 2.15. The lowest BCUT2D eigenvalue weighted by molar-refractivity contribution is 0.266. The smallest absolute Gasteiger partial charge is 0.213 e. The van der Waals surface area contributed by atoms with E-state index in [-0.39, 0.29) is 0 Å². The van der Waals surface area contributed by atoms with E-state index >= 15 is 0 Å². The molecule has 0 aromatic carbocycles. The summed E-state index contributed by atoms with van der Waals surface area (Å²) >= 11 is 0. The fraction of sp³-hybridized carbons (Fsp3) is 0.600. The molecule has 5 heteroatoms. The third-order valence-electron chi connectivity index (χ3n) is 3.63. The molecule has 1 fully saturated rings. The first-order chi connectivity index (χ1) is 9.72. The van der Waals surface area contributed by atoms with Crippen molar-refractivity contribution < 1.29 is 4.74 Å². The zero-order chi connectivity index (χ0) is 14.4. The summed E-state index contributed by atoms with van der Waals surface area (Å²) in [6, 6.07) is 3.93. The normalized spacial score (nSPS) is 19.9. The van der Waals surface area contributed by atoms with Crippen molar-refractivity contribution in [3.63, 3.8) is 0 Å². The summed E-state index contributed by atoms with van der Waals surface area (Å²) in [7, 11) is 3.47. The van der Waals surface area contributed by atoms with Gasteiger partial charge in [0, 0.05) is 38.9 Å². The van der Waals surface area contributed by atoms with Gasteiger partial charge in [0.1, 0.15) is 0 Å². The standard InChI is InChI=1S/C15H24N4O/c1-12-5-4-8-19(11-12)15(16-2)18-10-13-6-7-17-14(9-13)20-3/h6-7,9,12H,4-5,8,10-11H2,1-3H3,(H,16,18). The maximum atomic E-state index is 5.14. The number of aromatic nitrogens is 1. The van der Waals surface area contributed by atoms with Gasteiger partial charge in [0.05, 0.1) is 7.11 Å². The minimum absolute atomic E-state index is 0.644. The van der Waals surface area contributed by atoms with Gasteiger partial charge in [-0.2, -0.15) is 0 Å². The average molecular weight is 276 g/mol. The van der Waals surface area contributed by atoms with Gasteiger partial charge in [0.25, 0.3) is 0 Å². The van der Waals surface area contributed by atoms with E-state index in [0.29, 0.717) is 5.88 Å². The molecular weight excluding hydrogens is 252 g/mol. The molecule has 2 heterocycles. The Kier molecular flexibility index (Phi) is 5.21. The third kappa shape index (κ3) is 3.85. The molecule has 1 atom stereocenters. The van der Waals surface area contributed by atoms with Crippen LogP contribution in [0, 0.1) is 5.92 Å². The number of hydrogen-bond acceptors (Lipinski definition) is 3. The molecule has 1 aliphatic heterocycles. The zero-order valence-electron chi connectivity index (χ0n) is 12.6. The molecule has 5 nitrogen and oxygen atoms in total. The lowest BCUT2D eigenvalue weighted by atomic mass is 10.0. The van der Waals surface area contributed by atoms with Gasteiger partial charge in [0.15, 0.2) is 5.96 Å². The minimum Gasteiger partial charge on any atom is -0.481 e. The lowest BCUT2D eigenvalue weighted by Crippen LogP contribution is -2.45. The molecule has 1 saturated heterocycles. The summed E-state index contributed by atoms with van der Waals surface area (Å²) in [6.45, 7) is 5.20. The minimum atomic E-state index is 0.644. The van der Waals surface area contributed by atoms with Crippen molar-refractivity contribution in [2.45, 2.75) is 26.3 Å². The van der Waals surface area contributed by atoms with E-state index in [1.807, 2.05) is 19.2 Å². The molecule has 1 unspecified atom stereocenters. The first-order valence-corrected chi connectivity index (χ1v) is 7.17. The summed E-state index contributed by atoms with van der Waals surface area (Å²) in [4.78, 5) is 10.8. The number of piperidine rings is 1. The molecule has 0 amide bonds. The largest absolute Gasteiger partial charge is 0.481 e. The van der Waals surface area contributed by atoms with Crippen molar-refractivity contribution in [2.24, 2.45) is 10.9 Å². The van der Waals surface area contributed by atoms with Crippen LogP contribution >= 0.6 is 0 Å². The van der Waals surface area contributed by atoms with Crippen LogP contribution in [0.1, 0.15) is 25.3 Å². The molecule has 0 saturated carbocycles. The van der Waals surface area contributed by atoms with Crippen molar-refractivity contribution in [1.82, 2.24) is 15.2 Å². The van der Waals surface area contributed by atoms with Gasteiger partial charge in [0.2, 0.25) is 5.88 Å². The zero-order valence-corrected chi connectivity index (χ0v) is 12.6. The van der Waals surface area contributed by atoms with E-state index in [9.17, 15) is 0 Å². The number of nitrogens with zero attached hydrogens (tertiary/aromatic N) is 3. The number of aliphatic imine (C=N–C) groups is 1. The lowest BCUT2D eigenvalue weighted by Gasteiger charge is -2.33. The van der Waals surface area contributed by atoms with Crippen molar-refractivity contribution in [3.05, 3.63) is 23.9 Å². The molecule has 0 spiro atoms. The first-order valence-electron chi connectivity index (χ1n) is 7.17. The van der Waals surface area contributed by atoms with Crippen LogP contribution < -0.4 is 10.1 Å². The molecule has 0 bridgehead atoms. The number of guanidine groups is 1. The SMILES string of the molecule is CN=C(NCc1ccnc(OC)c1)N1CCCC(C)C1. The predicted octanol–water partition coefficient (Wildman–Crippen LogP) is 1.90. The summed E-state index contributed by atoms with van der Waals surface area (Å²) in [5, 5.41) is 3.42. The summed E-state index contributed by atoms with van der Waals surface area (Å²) in [5.74, 6) is 2.36. The number of methoxy groups -OCH3 is 1. The Hall–Kier alpha value is -1.78.